The van der Waals surface area contributed by atoms with E-state index < -0.39 is 5.97 Å². The Morgan fingerprint density at radius 2 is 2.21 bits per heavy atom. The van der Waals surface area contributed by atoms with Gasteiger partial charge in [0.25, 0.3) is 0 Å². The van der Waals surface area contributed by atoms with Crippen molar-refractivity contribution in [1.82, 2.24) is 0 Å². The Kier molecular flexibility index (Phi) is 3.46. The van der Waals surface area contributed by atoms with Crippen LogP contribution in [0, 0.1) is 6.92 Å². The number of carbonyl (C=O) groups is 1. The summed E-state index contributed by atoms with van der Waals surface area (Å²) in [6.45, 7) is 5.76. The van der Waals surface area contributed by atoms with Crippen LogP contribution in [0.3, 0.4) is 0 Å². The predicted molar refractivity (Wildman–Crippen MR) is 56.3 cm³/mol. The summed E-state index contributed by atoms with van der Waals surface area (Å²) in [5.41, 5.74) is 3.05. The van der Waals surface area contributed by atoms with Crippen LogP contribution >= 0.6 is 0 Å². The highest BCUT2D eigenvalue weighted by Gasteiger charge is 2.02. The van der Waals surface area contributed by atoms with Crippen LogP contribution in [0.4, 0.5) is 0 Å². The monoisotopic (exact) mass is 190 g/mol. The fourth-order valence-corrected chi connectivity index (χ4v) is 1.39. The second kappa shape index (κ2) is 4.61. The maximum absolute atomic E-state index is 10.4. The van der Waals surface area contributed by atoms with E-state index in [-0.39, 0.29) is 6.42 Å². The van der Waals surface area contributed by atoms with E-state index in [1.165, 1.54) is 5.56 Å². The van der Waals surface area contributed by atoms with Crippen LogP contribution in [-0.4, -0.2) is 11.1 Å². The van der Waals surface area contributed by atoms with E-state index in [0.717, 1.165) is 11.1 Å². The molecule has 0 radical (unpaired) electrons. The molecule has 0 amide bonds. The van der Waals surface area contributed by atoms with Gasteiger partial charge >= 0.3 is 5.97 Å². The minimum absolute atomic E-state index is 0.0495. The molecular weight excluding hydrogens is 176 g/mol. The van der Waals surface area contributed by atoms with Gasteiger partial charge in [-0.2, -0.15) is 0 Å². The quantitative estimate of drug-likeness (QED) is 0.741. The molecule has 0 heterocycles. The van der Waals surface area contributed by atoms with Gasteiger partial charge in [-0.25, -0.2) is 0 Å². The molecule has 1 N–H and O–H groups in total. The van der Waals surface area contributed by atoms with Crippen molar-refractivity contribution in [3.8, 4) is 0 Å². The third-order valence-electron chi connectivity index (χ3n) is 1.94. The first-order chi connectivity index (χ1) is 6.58. The maximum atomic E-state index is 10.4. The van der Waals surface area contributed by atoms with Crippen molar-refractivity contribution in [2.45, 2.75) is 19.8 Å². The van der Waals surface area contributed by atoms with Crippen LogP contribution in [0.15, 0.2) is 36.4 Å². The van der Waals surface area contributed by atoms with E-state index in [1.54, 1.807) is 0 Å². The molecule has 2 heteroatoms. The molecule has 1 aromatic rings. The lowest BCUT2D eigenvalue weighted by molar-refractivity contribution is -0.136. The molecule has 2 nitrogen and oxygen atoms in total. The van der Waals surface area contributed by atoms with E-state index >= 15 is 0 Å². The molecule has 0 fully saturated rings. The fraction of sp³-hybridized carbons (Fsp3) is 0.250. The molecule has 0 saturated carbocycles. The molecule has 74 valence electrons. The number of rotatable bonds is 4. The van der Waals surface area contributed by atoms with Gasteiger partial charge in [0.2, 0.25) is 0 Å². The number of hydrogen-bond donors (Lipinski definition) is 1. The number of aryl methyl sites for hydroxylation is 1. The van der Waals surface area contributed by atoms with Crippen molar-refractivity contribution in [3.05, 3.63) is 47.5 Å². The maximum Gasteiger partial charge on any atom is 0.307 e. The lowest BCUT2D eigenvalue weighted by Gasteiger charge is -2.03. The first-order valence-electron chi connectivity index (χ1n) is 4.52. The topological polar surface area (TPSA) is 37.3 Å². The summed E-state index contributed by atoms with van der Waals surface area (Å²) in [5, 5.41) is 8.56. The van der Waals surface area contributed by atoms with E-state index in [9.17, 15) is 4.79 Å². The first kappa shape index (κ1) is 10.5. The largest absolute Gasteiger partial charge is 0.481 e. The van der Waals surface area contributed by atoms with Crippen molar-refractivity contribution in [1.29, 1.82) is 0 Å². The number of carboxylic acids is 1. The average Bonchev–Trinajstić information content (AvgIpc) is 2.01. The van der Waals surface area contributed by atoms with Gasteiger partial charge in [0.1, 0.15) is 0 Å². The summed E-state index contributed by atoms with van der Waals surface area (Å²) in [6.07, 6.45) is 0.696. The van der Waals surface area contributed by atoms with Crippen molar-refractivity contribution in [2.24, 2.45) is 0 Å². The highest BCUT2D eigenvalue weighted by molar-refractivity contribution is 5.69. The Bertz CT molecular complexity index is 353. The SMILES string of the molecule is C=C(CC(=O)O)Cc1cccc(C)c1. The van der Waals surface area contributed by atoms with E-state index in [4.69, 9.17) is 5.11 Å². The third kappa shape index (κ3) is 3.44. The summed E-state index contributed by atoms with van der Waals surface area (Å²) in [7, 11) is 0. The summed E-state index contributed by atoms with van der Waals surface area (Å²) < 4.78 is 0. The molecule has 0 atom stereocenters. The van der Waals surface area contributed by atoms with Gasteiger partial charge in [-0.1, -0.05) is 42.0 Å². The molecule has 0 aliphatic heterocycles. The molecule has 0 aliphatic carbocycles. The lowest BCUT2D eigenvalue weighted by Crippen LogP contribution is -1.99. The van der Waals surface area contributed by atoms with Crippen LogP contribution in [-0.2, 0) is 11.2 Å². The van der Waals surface area contributed by atoms with Gasteiger partial charge in [0.05, 0.1) is 6.42 Å². The Morgan fingerprint density at radius 3 is 2.79 bits per heavy atom. The van der Waals surface area contributed by atoms with Gasteiger partial charge in [-0.3, -0.25) is 4.79 Å². The van der Waals surface area contributed by atoms with Gasteiger partial charge in [0.15, 0.2) is 0 Å². The Labute approximate surface area is 83.9 Å². The van der Waals surface area contributed by atoms with E-state index in [1.807, 2.05) is 31.2 Å². The standard InChI is InChI=1S/C12H14O2/c1-9-4-3-5-11(6-9)7-10(2)8-12(13)14/h3-6H,2,7-8H2,1H3,(H,13,14). The van der Waals surface area contributed by atoms with Gasteiger partial charge < -0.3 is 5.11 Å². The summed E-state index contributed by atoms with van der Waals surface area (Å²) in [4.78, 5) is 10.4. The molecule has 0 aromatic heterocycles. The minimum atomic E-state index is -0.817. The molecule has 0 bridgehead atoms. The van der Waals surface area contributed by atoms with Gasteiger partial charge in [0, 0.05) is 0 Å². The zero-order chi connectivity index (χ0) is 10.6. The molecule has 0 saturated heterocycles. The molecule has 1 aromatic carbocycles. The molecule has 0 spiro atoms. The number of hydrogen-bond acceptors (Lipinski definition) is 1. The molecule has 14 heavy (non-hydrogen) atoms. The van der Waals surface area contributed by atoms with Crippen LogP contribution < -0.4 is 0 Å². The van der Waals surface area contributed by atoms with Crippen molar-refractivity contribution in [2.75, 3.05) is 0 Å². The van der Waals surface area contributed by atoms with E-state index in [2.05, 4.69) is 6.58 Å². The Hall–Kier alpha value is -1.57. The highest BCUT2D eigenvalue weighted by atomic mass is 16.4. The minimum Gasteiger partial charge on any atom is -0.481 e. The summed E-state index contributed by atoms with van der Waals surface area (Å²) in [6, 6.07) is 8.02. The summed E-state index contributed by atoms with van der Waals surface area (Å²) in [5.74, 6) is -0.817. The predicted octanol–water partition coefficient (Wildman–Crippen LogP) is 2.57. The molecule has 0 unspecified atom stereocenters. The van der Waals surface area contributed by atoms with Gasteiger partial charge in [-0.05, 0) is 18.9 Å². The third-order valence-corrected chi connectivity index (χ3v) is 1.94. The number of aliphatic carboxylic acids is 1. The summed E-state index contributed by atoms with van der Waals surface area (Å²) >= 11 is 0. The van der Waals surface area contributed by atoms with Crippen LogP contribution in [0.25, 0.3) is 0 Å². The van der Waals surface area contributed by atoms with Crippen LogP contribution in [0.5, 0.6) is 0 Å². The second-order valence-corrected chi connectivity index (χ2v) is 3.49. The fourth-order valence-electron chi connectivity index (χ4n) is 1.39. The number of carboxylic acid groups (broad SMARTS) is 1. The Balaban J connectivity index is 2.60. The molecule has 0 aliphatic rings. The number of benzene rings is 1. The second-order valence-electron chi connectivity index (χ2n) is 3.49. The van der Waals surface area contributed by atoms with Crippen molar-refractivity contribution < 1.29 is 9.90 Å². The average molecular weight is 190 g/mol. The highest BCUT2D eigenvalue weighted by Crippen LogP contribution is 2.11. The zero-order valence-electron chi connectivity index (χ0n) is 8.29. The van der Waals surface area contributed by atoms with Crippen LogP contribution in [0.1, 0.15) is 17.5 Å². The van der Waals surface area contributed by atoms with Gasteiger partial charge in [-0.15, -0.1) is 0 Å². The smallest absolute Gasteiger partial charge is 0.307 e. The molecular formula is C12H14O2. The van der Waals surface area contributed by atoms with Crippen molar-refractivity contribution >= 4 is 5.97 Å². The van der Waals surface area contributed by atoms with Crippen LogP contribution in [0.2, 0.25) is 0 Å². The molecule has 1 rings (SSSR count). The van der Waals surface area contributed by atoms with E-state index in [0.29, 0.717) is 6.42 Å². The normalized spacial score (nSPS) is 9.79. The Morgan fingerprint density at radius 1 is 1.50 bits per heavy atom. The zero-order valence-corrected chi connectivity index (χ0v) is 8.29. The van der Waals surface area contributed by atoms with Crippen molar-refractivity contribution in [3.63, 3.8) is 0 Å². The lowest BCUT2D eigenvalue weighted by atomic mass is 10.0. The first-order valence-corrected chi connectivity index (χ1v) is 4.52.